The topological polar surface area (TPSA) is 68.2 Å². The van der Waals surface area contributed by atoms with Gasteiger partial charge in [0, 0.05) is 35.8 Å². The van der Waals surface area contributed by atoms with Crippen molar-refractivity contribution in [2.24, 2.45) is 7.05 Å². The second-order valence-corrected chi connectivity index (χ2v) is 8.01. The highest BCUT2D eigenvalue weighted by atomic mass is 32.1. The first-order valence-corrected chi connectivity index (χ1v) is 10.1. The zero-order chi connectivity index (χ0) is 18.5. The van der Waals surface area contributed by atoms with Crippen molar-refractivity contribution in [3.63, 3.8) is 0 Å². The van der Waals surface area contributed by atoms with E-state index in [1.807, 2.05) is 43.1 Å². The Hall–Kier alpha value is -1.70. The minimum atomic E-state index is -0.0842. The molecule has 3 rings (SSSR count). The fourth-order valence-electron chi connectivity index (χ4n) is 3.37. The van der Waals surface area contributed by atoms with E-state index in [9.17, 15) is 4.79 Å². The molecular weight excluding hydrogens is 348 g/mol. The first-order valence-electron chi connectivity index (χ1n) is 9.25. The second-order valence-electron chi connectivity index (χ2n) is 6.97. The lowest BCUT2D eigenvalue weighted by Crippen LogP contribution is -2.37. The summed E-state index contributed by atoms with van der Waals surface area (Å²) in [4.78, 5) is 13.8. The van der Waals surface area contributed by atoms with Gasteiger partial charge in [0.15, 0.2) is 5.69 Å². The molecule has 1 atom stereocenters. The van der Waals surface area contributed by atoms with Crippen LogP contribution in [0.25, 0.3) is 0 Å². The quantitative estimate of drug-likeness (QED) is 0.694. The maximum absolute atomic E-state index is 12.6. The average Bonchev–Trinajstić information content (AvgIpc) is 3.24. The van der Waals surface area contributed by atoms with Crippen molar-refractivity contribution in [2.75, 3.05) is 13.2 Å². The van der Waals surface area contributed by atoms with Crippen LogP contribution in [0.3, 0.4) is 0 Å². The van der Waals surface area contributed by atoms with Crippen LogP contribution in [0.5, 0.6) is 0 Å². The molecule has 0 fully saturated rings. The van der Waals surface area contributed by atoms with Crippen LogP contribution in [0.4, 0.5) is 0 Å². The van der Waals surface area contributed by atoms with Gasteiger partial charge in [-0.05, 0) is 44.6 Å². The standard InChI is InChI=1S/C19H28N4O2S/c1-13(2)25-9-8-20-14-6-7-17-16(11-14)18(22-23(17)3)19(24)21-12-15-5-4-10-26-15/h4-5,10,13-14,20H,6-9,11-12H2,1-3H3,(H,21,24). The van der Waals surface area contributed by atoms with Gasteiger partial charge in [-0.1, -0.05) is 6.07 Å². The van der Waals surface area contributed by atoms with Crippen LogP contribution in [0.2, 0.25) is 0 Å². The van der Waals surface area contributed by atoms with Crippen molar-refractivity contribution in [3.05, 3.63) is 39.3 Å². The summed E-state index contributed by atoms with van der Waals surface area (Å²) >= 11 is 1.65. The molecule has 7 heteroatoms. The smallest absolute Gasteiger partial charge is 0.272 e. The molecule has 2 heterocycles. The summed E-state index contributed by atoms with van der Waals surface area (Å²) in [6.07, 6.45) is 3.10. The number of hydrogen-bond donors (Lipinski definition) is 2. The number of carbonyl (C=O) groups excluding carboxylic acids is 1. The molecule has 0 aromatic carbocycles. The number of aryl methyl sites for hydroxylation is 1. The number of ether oxygens (including phenoxy) is 1. The molecule has 0 saturated carbocycles. The van der Waals surface area contributed by atoms with Gasteiger partial charge in [0.05, 0.1) is 19.3 Å². The predicted molar refractivity (Wildman–Crippen MR) is 104 cm³/mol. The molecule has 26 heavy (non-hydrogen) atoms. The number of amides is 1. The van der Waals surface area contributed by atoms with Gasteiger partial charge < -0.3 is 15.4 Å². The monoisotopic (exact) mass is 376 g/mol. The minimum absolute atomic E-state index is 0.0842. The van der Waals surface area contributed by atoms with Gasteiger partial charge >= 0.3 is 0 Å². The third-order valence-electron chi connectivity index (χ3n) is 4.66. The Morgan fingerprint density at radius 2 is 2.35 bits per heavy atom. The van der Waals surface area contributed by atoms with Gasteiger partial charge in [-0.2, -0.15) is 5.10 Å². The van der Waals surface area contributed by atoms with Gasteiger partial charge in [0.2, 0.25) is 0 Å². The summed E-state index contributed by atoms with van der Waals surface area (Å²) in [5, 5.41) is 13.1. The number of fused-ring (bicyclic) bond motifs is 1. The van der Waals surface area contributed by atoms with E-state index < -0.39 is 0 Å². The number of aromatic nitrogens is 2. The summed E-state index contributed by atoms with van der Waals surface area (Å²) in [6, 6.07) is 4.39. The number of carbonyl (C=O) groups is 1. The predicted octanol–water partition coefficient (Wildman–Crippen LogP) is 2.28. The largest absolute Gasteiger partial charge is 0.377 e. The Morgan fingerprint density at radius 1 is 1.50 bits per heavy atom. The van der Waals surface area contributed by atoms with Crippen LogP contribution in [0.1, 0.15) is 46.9 Å². The number of nitrogens with one attached hydrogen (secondary N) is 2. The highest BCUT2D eigenvalue weighted by Crippen LogP contribution is 2.24. The van der Waals surface area contributed by atoms with Crippen molar-refractivity contribution >= 4 is 17.2 Å². The van der Waals surface area contributed by atoms with Crippen LogP contribution in [0, 0.1) is 0 Å². The van der Waals surface area contributed by atoms with Crippen molar-refractivity contribution in [3.8, 4) is 0 Å². The normalized spacial score (nSPS) is 16.7. The Labute approximate surface area is 158 Å². The van der Waals surface area contributed by atoms with E-state index in [0.717, 1.165) is 36.2 Å². The summed E-state index contributed by atoms with van der Waals surface area (Å²) in [7, 11) is 1.93. The van der Waals surface area contributed by atoms with Crippen molar-refractivity contribution in [1.29, 1.82) is 0 Å². The van der Waals surface area contributed by atoms with Crippen LogP contribution < -0.4 is 10.6 Å². The van der Waals surface area contributed by atoms with E-state index in [1.54, 1.807) is 11.3 Å². The van der Waals surface area contributed by atoms with Crippen molar-refractivity contribution < 1.29 is 9.53 Å². The Bertz CT molecular complexity index is 724. The minimum Gasteiger partial charge on any atom is -0.377 e. The zero-order valence-electron chi connectivity index (χ0n) is 15.7. The lowest BCUT2D eigenvalue weighted by atomic mass is 9.91. The average molecular weight is 377 g/mol. The Balaban J connectivity index is 1.60. The van der Waals surface area contributed by atoms with E-state index in [0.29, 0.717) is 24.9 Å². The first-order chi connectivity index (χ1) is 12.5. The molecule has 6 nitrogen and oxygen atoms in total. The summed E-state index contributed by atoms with van der Waals surface area (Å²) < 4.78 is 7.46. The molecular formula is C19H28N4O2S. The third kappa shape index (κ3) is 4.72. The molecule has 2 N–H and O–H groups in total. The lowest BCUT2D eigenvalue weighted by Gasteiger charge is -2.24. The van der Waals surface area contributed by atoms with Crippen LogP contribution in [0.15, 0.2) is 17.5 Å². The van der Waals surface area contributed by atoms with Gasteiger partial charge in [-0.25, -0.2) is 0 Å². The fraction of sp³-hybridized carbons (Fsp3) is 0.579. The molecule has 0 saturated heterocycles. The molecule has 0 aliphatic heterocycles. The van der Waals surface area contributed by atoms with Gasteiger partial charge in [-0.15, -0.1) is 11.3 Å². The van der Waals surface area contributed by atoms with Gasteiger partial charge in [0.1, 0.15) is 0 Å². The van der Waals surface area contributed by atoms with Gasteiger partial charge in [0.25, 0.3) is 5.91 Å². The van der Waals surface area contributed by atoms with Crippen LogP contribution in [-0.4, -0.2) is 41.0 Å². The summed E-state index contributed by atoms with van der Waals surface area (Å²) in [5.41, 5.74) is 2.84. The Morgan fingerprint density at radius 3 is 3.08 bits per heavy atom. The maximum Gasteiger partial charge on any atom is 0.272 e. The molecule has 0 bridgehead atoms. The van der Waals surface area contributed by atoms with Crippen LogP contribution >= 0.6 is 11.3 Å². The van der Waals surface area contributed by atoms with E-state index >= 15 is 0 Å². The van der Waals surface area contributed by atoms with Crippen molar-refractivity contribution in [2.45, 2.75) is 51.8 Å². The molecule has 1 amide bonds. The summed E-state index contributed by atoms with van der Waals surface area (Å²) in [6.45, 7) is 6.18. The molecule has 2 aromatic heterocycles. The molecule has 1 unspecified atom stereocenters. The molecule has 142 valence electrons. The number of hydrogen-bond acceptors (Lipinski definition) is 5. The number of thiophene rings is 1. The second kappa shape index (κ2) is 8.79. The highest BCUT2D eigenvalue weighted by Gasteiger charge is 2.28. The molecule has 1 aliphatic rings. The third-order valence-corrected chi connectivity index (χ3v) is 5.54. The first kappa shape index (κ1) is 19.1. The van der Waals surface area contributed by atoms with Gasteiger partial charge in [-0.3, -0.25) is 9.48 Å². The lowest BCUT2D eigenvalue weighted by molar-refractivity contribution is 0.0790. The SMILES string of the molecule is CC(C)OCCNC1CCc2c(c(C(=O)NCc3cccs3)nn2C)C1. The van der Waals surface area contributed by atoms with E-state index in [-0.39, 0.29) is 12.0 Å². The van der Waals surface area contributed by atoms with Crippen molar-refractivity contribution in [1.82, 2.24) is 20.4 Å². The van der Waals surface area contributed by atoms with E-state index in [4.69, 9.17) is 4.74 Å². The maximum atomic E-state index is 12.6. The molecule has 1 aliphatic carbocycles. The fourth-order valence-corrected chi connectivity index (χ4v) is 4.01. The number of nitrogens with zero attached hydrogens (tertiary/aromatic N) is 2. The van der Waals surface area contributed by atoms with E-state index in [1.165, 1.54) is 5.69 Å². The molecule has 0 spiro atoms. The molecule has 0 radical (unpaired) electrons. The van der Waals surface area contributed by atoms with E-state index in [2.05, 4.69) is 15.7 Å². The van der Waals surface area contributed by atoms with Crippen LogP contribution in [-0.2, 0) is 31.2 Å². The number of rotatable bonds is 8. The summed E-state index contributed by atoms with van der Waals surface area (Å²) in [5.74, 6) is -0.0842. The Kier molecular flexibility index (Phi) is 6.45. The highest BCUT2D eigenvalue weighted by molar-refractivity contribution is 7.09. The zero-order valence-corrected chi connectivity index (χ0v) is 16.6. The molecule has 2 aromatic rings.